The number of hydroxylamine groups is 1. The number of hydrogen-bond acceptors (Lipinski definition) is 3. The second-order valence-electron chi connectivity index (χ2n) is 5.29. The van der Waals surface area contributed by atoms with Gasteiger partial charge in [-0.3, -0.25) is 4.47 Å². The first-order valence-corrected chi connectivity index (χ1v) is 7.54. The molecule has 0 spiro atoms. The van der Waals surface area contributed by atoms with Crippen LogP contribution in [0.1, 0.15) is 32.1 Å². The highest BCUT2D eigenvalue weighted by Gasteiger charge is 2.51. The number of hydrogen-bond donors (Lipinski definition) is 1. The molecule has 18 heavy (non-hydrogen) atoms. The number of fused-ring (bicyclic) bond motifs is 2. The lowest BCUT2D eigenvalue weighted by atomic mass is 9.86. The zero-order valence-corrected chi connectivity index (χ0v) is 10.6. The molecular formula is C10H16F3NO3S. The summed E-state index contributed by atoms with van der Waals surface area (Å²) in [7, 11) is -5.62. The van der Waals surface area contributed by atoms with Crippen molar-refractivity contribution in [1.82, 2.24) is 0 Å². The van der Waals surface area contributed by atoms with E-state index in [1.807, 2.05) is 0 Å². The summed E-state index contributed by atoms with van der Waals surface area (Å²) in [4.78, 5) is 0. The second kappa shape index (κ2) is 4.64. The molecule has 0 amide bonds. The summed E-state index contributed by atoms with van der Waals surface area (Å²) >= 11 is 0. The van der Waals surface area contributed by atoms with Crippen LogP contribution < -0.4 is 4.47 Å². The van der Waals surface area contributed by atoms with Crippen molar-refractivity contribution in [3.05, 3.63) is 5.21 Å². The Kier molecular flexibility index (Phi) is 3.63. The summed E-state index contributed by atoms with van der Waals surface area (Å²) in [5.74, 6) is 1.35. The fourth-order valence-corrected chi connectivity index (χ4v) is 3.94. The maximum absolute atomic E-state index is 12.1. The van der Waals surface area contributed by atoms with Crippen molar-refractivity contribution < 1.29 is 26.1 Å². The first-order chi connectivity index (χ1) is 8.22. The molecule has 4 nitrogen and oxygen atoms in total. The van der Waals surface area contributed by atoms with Gasteiger partial charge >= 0.3 is 15.5 Å². The van der Waals surface area contributed by atoms with Gasteiger partial charge in [-0.15, -0.1) is 0 Å². The molecule has 1 N–H and O–H groups in total. The van der Waals surface area contributed by atoms with Gasteiger partial charge in [-0.05, 0) is 37.0 Å². The standard InChI is InChI=1S/C10H16F3NO3S/c11-10(12,13)18(16,17)14(15)4-3-9-6-7-1-2-8(9)5-7/h7-9,14H,1-6H2. The van der Waals surface area contributed by atoms with Gasteiger partial charge in [0.2, 0.25) is 0 Å². The molecule has 0 aromatic carbocycles. The lowest BCUT2D eigenvalue weighted by Gasteiger charge is -2.26. The van der Waals surface area contributed by atoms with E-state index in [1.165, 1.54) is 0 Å². The van der Waals surface area contributed by atoms with E-state index in [4.69, 9.17) is 0 Å². The lowest BCUT2D eigenvalue weighted by Crippen LogP contribution is -3.10. The van der Waals surface area contributed by atoms with Gasteiger partial charge in [0.05, 0.1) is 6.54 Å². The highest BCUT2D eigenvalue weighted by Crippen LogP contribution is 2.49. The molecule has 4 atom stereocenters. The third-order valence-corrected chi connectivity index (χ3v) is 5.62. The Morgan fingerprint density at radius 2 is 1.89 bits per heavy atom. The fraction of sp³-hybridized carbons (Fsp3) is 1.00. The van der Waals surface area contributed by atoms with Crippen LogP contribution in [0.3, 0.4) is 0 Å². The minimum atomic E-state index is -5.62. The van der Waals surface area contributed by atoms with Crippen LogP contribution >= 0.6 is 0 Å². The maximum Gasteiger partial charge on any atom is 0.549 e. The van der Waals surface area contributed by atoms with E-state index in [9.17, 15) is 26.8 Å². The second-order valence-corrected chi connectivity index (χ2v) is 7.22. The Morgan fingerprint density at radius 3 is 2.33 bits per heavy atom. The van der Waals surface area contributed by atoms with Crippen LogP contribution in [0.15, 0.2) is 0 Å². The van der Waals surface area contributed by atoms with Gasteiger partial charge in [0.25, 0.3) is 0 Å². The molecule has 2 aliphatic rings. The molecule has 0 saturated heterocycles. The molecule has 2 bridgehead atoms. The summed E-state index contributed by atoms with van der Waals surface area (Å²) in [6.45, 7) is -0.504. The van der Waals surface area contributed by atoms with E-state index in [0.717, 1.165) is 25.7 Å². The molecule has 8 heteroatoms. The number of rotatable bonds is 4. The highest BCUT2D eigenvalue weighted by molar-refractivity contribution is 7.86. The van der Waals surface area contributed by atoms with E-state index in [1.54, 1.807) is 0 Å². The molecule has 0 aromatic rings. The largest absolute Gasteiger partial charge is 0.618 e. The highest BCUT2D eigenvalue weighted by atomic mass is 32.2. The number of halogens is 3. The first-order valence-electron chi connectivity index (χ1n) is 6.06. The first kappa shape index (κ1) is 14.1. The Bertz CT molecular complexity index is 409. The van der Waals surface area contributed by atoms with Gasteiger partial charge in [0, 0.05) is 6.42 Å². The van der Waals surface area contributed by atoms with Crippen molar-refractivity contribution in [2.24, 2.45) is 17.8 Å². The summed E-state index contributed by atoms with van der Waals surface area (Å²) in [6.07, 6.45) is 4.52. The number of alkyl halides is 3. The van der Waals surface area contributed by atoms with E-state index in [-0.39, 0.29) is 12.3 Å². The quantitative estimate of drug-likeness (QED) is 0.786. The van der Waals surface area contributed by atoms with Crippen molar-refractivity contribution >= 4 is 10.0 Å². The van der Waals surface area contributed by atoms with E-state index in [0.29, 0.717) is 11.8 Å². The Morgan fingerprint density at radius 1 is 1.22 bits per heavy atom. The van der Waals surface area contributed by atoms with Crippen molar-refractivity contribution in [3.8, 4) is 0 Å². The SMILES string of the molecule is O=S(=O)([NH+]([O-])CCC1CC2CCC1C2)C(F)(F)F. The van der Waals surface area contributed by atoms with Crippen molar-refractivity contribution in [2.75, 3.05) is 6.54 Å². The minimum absolute atomic E-state index is 0.233. The average molecular weight is 287 g/mol. The van der Waals surface area contributed by atoms with Crippen molar-refractivity contribution in [2.45, 2.75) is 37.6 Å². The van der Waals surface area contributed by atoms with E-state index >= 15 is 0 Å². The van der Waals surface area contributed by atoms with Gasteiger partial charge in [0.15, 0.2) is 0 Å². The summed E-state index contributed by atoms with van der Waals surface area (Å²) in [6, 6.07) is 0. The predicted octanol–water partition coefficient (Wildman–Crippen LogP) is 1.04. The zero-order valence-electron chi connectivity index (χ0n) is 9.74. The molecule has 2 fully saturated rings. The monoisotopic (exact) mass is 287 g/mol. The molecule has 0 aromatic heterocycles. The van der Waals surface area contributed by atoms with Gasteiger partial charge in [-0.2, -0.15) is 21.6 Å². The van der Waals surface area contributed by atoms with Crippen LogP contribution in [-0.4, -0.2) is 20.5 Å². The minimum Gasteiger partial charge on any atom is -0.618 e. The van der Waals surface area contributed by atoms with Crippen LogP contribution in [0, 0.1) is 23.0 Å². The van der Waals surface area contributed by atoms with Crippen LogP contribution in [0.5, 0.6) is 0 Å². The molecule has 0 heterocycles. The Labute approximate surface area is 104 Å². The van der Waals surface area contributed by atoms with E-state index < -0.39 is 26.5 Å². The third kappa shape index (κ3) is 2.50. The topological polar surface area (TPSA) is 61.6 Å². The lowest BCUT2D eigenvalue weighted by molar-refractivity contribution is -0.712. The fourth-order valence-electron chi connectivity index (χ4n) is 3.30. The molecule has 2 aliphatic carbocycles. The van der Waals surface area contributed by atoms with Crippen LogP contribution in [0.2, 0.25) is 0 Å². The Hall–Kier alpha value is -0.340. The third-order valence-electron chi connectivity index (χ3n) is 4.21. The van der Waals surface area contributed by atoms with Crippen molar-refractivity contribution in [3.63, 3.8) is 0 Å². The molecule has 4 unspecified atom stereocenters. The average Bonchev–Trinajstić information content (AvgIpc) is 2.85. The maximum atomic E-state index is 12.1. The summed E-state index contributed by atoms with van der Waals surface area (Å²) < 4.78 is 56.4. The Balaban J connectivity index is 1.87. The van der Waals surface area contributed by atoms with Gasteiger partial charge in [-0.25, -0.2) is 0 Å². The zero-order chi connectivity index (χ0) is 13.6. The molecule has 0 radical (unpaired) electrons. The molecule has 2 rings (SSSR count). The number of quaternary nitrogens is 1. The van der Waals surface area contributed by atoms with E-state index in [2.05, 4.69) is 0 Å². The van der Waals surface area contributed by atoms with Crippen molar-refractivity contribution in [1.29, 1.82) is 0 Å². The van der Waals surface area contributed by atoms with Gasteiger partial charge in [-0.1, -0.05) is 6.42 Å². The molecule has 106 valence electrons. The van der Waals surface area contributed by atoms with Gasteiger partial charge in [0.1, 0.15) is 0 Å². The summed E-state index contributed by atoms with van der Waals surface area (Å²) in [5, 5.41) is 11.2. The van der Waals surface area contributed by atoms with Gasteiger partial charge < -0.3 is 5.21 Å². The normalized spacial score (nSPS) is 33.9. The van der Waals surface area contributed by atoms with Crippen LogP contribution in [0.25, 0.3) is 0 Å². The number of sulfonamides is 1. The number of nitrogens with one attached hydrogen (secondary N) is 1. The van der Waals surface area contributed by atoms with Crippen LogP contribution in [-0.2, 0) is 10.0 Å². The molecule has 2 saturated carbocycles. The molecular weight excluding hydrogens is 271 g/mol. The smallest absolute Gasteiger partial charge is 0.549 e. The van der Waals surface area contributed by atoms with Crippen LogP contribution in [0.4, 0.5) is 13.2 Å². The summed E-state index contributed by atoms with van der Waals surface area (Å²) in [5.41, 5.74) is -5.46. The predicted molar refractivity (Wildman–Crippen MR) is 57.7 cm³/mol. The molecule has 0 aliphatic heterocycles.